The van der Waals surface area contributed by atoms with Crippen LogP contribution < -0.4 is 11.1 Å². The predicted octanol–water partition coefficient (Wildman–Crippen LogP) is 2.37. The molecular formula is C13H11FN2O2. The molecule has 4 N–H and O–H groups in total. The van der Waals surface area contributed by atoms with Crippen molar-refractivity contribution >= 4 is 17.3 Å². The summed E-state index contributed by atoms with van der Waals surface area (Å²) in [5.41, 5.74) is 6.15. The molecule has 0 aliphatic carbocycles. The van der Waals surface area contributed by atoms with Crippen LogP contribution in [0.5, 0.6) is 5.75 Å². The molecule has 0 fully saturated rings. The van der Waals surface area contributed by atoms with Gasteiger partial charge in [-0.1, -0.05) is 6.07 Å². The van der Waals surface area contributed by atoms with Crippen molar-refractivity contribution in [1.82, 2.24) is 0 Å². The molecule has 5 heteroatoms. The number of amides is 1. The van der Waals surface area contributed by atoms with E-state index >= 15 is 0 Å². The number of halogens is 1. The number of nitrogens with two attached hydrogens (primary N) is 1. The Bertz CT molecular complexity index is 562. The first-order valence-electron chi connectivity index (χ1n) is 5.22. The third kappa shape index (κ3) is 2.40. The van der Waals surface area contributed by atoms with Gasteiger partial charge in [0, 0.05) is 11.4 Å². The lowest BCUT2D eigenvalue weighted by molar-refractivity contribution is 0.102. The van der Waals surface area contributed by atoms with Gasteiger partial charge in [-0.25, -0.2) is 4.39 Å². The molecule has 0 saturated heterocycles. The molecule has 0 aliphatic rings. The molecule has 92 valence electrons. The summed E-state index contributed by atoms with van der Waals surface area (Å²) >= 11 is 0. The van der Waals surface area contributed by atoms with Crippen LogP contribution in [0.2, 0.25) is 0 Å². The summed E-state index contributed by atoms with van der Waals surface area (Å²) in [5, 5.41) is 11.9. The van der Waals surface area contributed by atoms with Gasteiger partial charge in [0.15, 0.2) is 0 Å². The van der Waals surface area contributed by atoms with Crippen molar-refractivity contribution in [3.63, 3.8) is 0 Å². The van der Waals surface area contributed by atoms with Gasteiger partial charge in [0.25, 0.3) is 5.91 Å². The Hall–Kier alpha value is -2.56. The molecule has 1 amide bonds. The van der Waals surface area contributed by atoms with Crippen molar-refractivity contribution < 1.29 is 14.3 Å². The number of hydrogen-bond donors (Lipinski definition) is 3. The van der Waals surface area contributed by atoms with Gasteiger partial charge in [-0.15, -0.1) is 0 Å². The smallest absolute Gasteiger partial charge is 0.262 e. The maximum atomic E-state index is 13.4. The van der Waals surface area contributed by atoms with E-state index in [9.17, 15) is 14.3 Å². The molecule has 0 heterocycles. The number of benzene rings is 2. The molecule has 0 atom stereocenters. The Labute approximate surface area is 103 Å². The maximum Gasteiger partial charge on any atom is 0.262 e. The largest absolute Gasteiger partial charge is 0.507 e. The number of nitrogens with one attached hydrogen (secondary N) is 1. The second-order valence-corrected chi connectivity index (χ2v) is 3.71. The van der Waals surface area contributed by atoms with Crippen LogP contribution in [0.15, 0.2) is 42.5 Å². The van der Waals surface area contributed by atoms with Crippen molar-refractivity contribution in [2.45, 2.75) is 0 Å². The zero-order valence-corrected chi connectivity index (χ0v) is 9.35. The zero-order chi connectivity index (χ0) is 13.1. The second kappa shape index (κ2) is 4.75. The highest BCUT2D eigenvalue weighted by Crippen LogP contribution is 2.21. The average molecular weight is 246 g/mol. The standard InChI is InChI=1S/C13H11FN2O2/c14-10-2-1-3-11(17)12(10)13(18)16-9-6-4-8(15)5-7-9/h1-7,17H,15H2,(H,16,18). The lowest BCUT2D eigenvalue weighted by atomic mass is 10.1. The van der Waals surface area contributed by atoms with Crippen LogP contribution in [0.25, 0.3) is 0 Å². The fraction of sp³-hybridized carbons (Fsp3) is 0. The molecule has 0 aromatic heterocycles. The summed E-state index contributed by atoms with van der Waals surface area (Å²) in [6, 6.07) is 10.1. The number of carbonyl (C=O) groups excluding carboxylic acids is 1. The zero-order valence-electron chi connectivity index (χ0n) is 9.35. The van der Waals surface area contributed by atoms with E-state index in [1.807, 2.05) is 0 Å². The monoisotopic (exact) mass is 246 g/mol. The van der Waals surface area contributed by atoms with Crippen molar-refractivity contribution in [1.29, 1.82) is 0 Å². The van der Waals surface area contributed by atoms with Crippen LogP contribution in [0, 0.1) is 5.82 Å². The fourth-order valence-corrected chi connectivity index (χ4v) is 1.50. The number of carbonyl (C=O) groups is 1. The fourth-order valence-electron chi connectivity index (χ4n) is 1.50. The van der Waals surface area contributed by atoms with Crippen molar-refractivity contribution in [2.24, 2.45) is 0 Å². The number of hydrogen-bond acceptors (Lipinski definition) is 3. The Morgan fingerprint density at radius 2 is 1.83 bits per heavy atom. The quantitative estimate of drug-likeness (QED) is 0.712. The average Bonchev–Trinajstić information content (AvgIpc) is 2.32. The van der Waals surface area contributed by atoms with E-state index in [0.717, 1.165) is 6.07 Å². The normalized spacial score (nSPS) is 10.1. The summed E-state index contributed by atoms with van der Waals surface area (Å²) in [4.78, 5) is 11.8. The molecule has 0 spiro atoms. The minimum absolute atomic E-state index is 0.380. The van der Waals surface area contributed by atoms with Gasteiger partial charge in [0.05, 0.1) is 0 Å². The van der Waals surface area contributed by atoms with Gasteiger partial charge in [-0.2, -0.15) is 0 Å². The number of phenols is 1. The van der Waals surface area contributed by atoms with E-state index in [1.165, 1.54) is 12.1 Å². The Morgan fingerprint density at radius 1 is 1.17 bits per heavy atom. The third-order valence-electron chi connectivity index (χ3n) is 2.39. The number of nitrogen functional groups attached to an aromatic ring is 1. The first-order valence-corrected chi connectivity index (χ1v) is 5.22. The number of anilines is 2. The van der Waals surface area contributed by atoms with Gasteiger partial charge in [0.1, 0.15) is 17.1 Å². The van der Waals surface area contributed by atoms with Crippen LogP contribution in [-0.4, -0.2) is 11.0 Å². The van der Waals surface area contributed by atoms with E-state index in [2.05, 4.69) is 5.32 Å². The number of aromatic hydroxyl groups is 1. The van der Waals surface area contributed by atoms with E-state index in [4.69, 9.17) is 5.73 Å². The first kappa shape index (κ1) is 11.9. The van der Waals surface area contributed by atoms with Gasteiger partial charge in [-0.05, 0) is 36.4 Å². The van der Waals surface area contributed by atoms with Crippen LogP contribution in [0.3, 0.4) is 0 Å². The first-order chi connectivity index (χ1) is 8.58. The molecule has 2 rings (SSSR count). The topological polar surface area (TPSA) is 75.3 Å². The highest BCUT2D eigenvalue weighted by molar-refractivity contribution is 6.06. The molecule has 2 aromatic rings. The molecule has 4 nitrogen and oxygen atoms in total. The Morgan fingerprint density at radius 3 is 2.44 bits per heavy atom. The number of phenolic OH excluding ortho intramolecular Hbond substituents is 1. The summed E-state index contributed by atoms with van der Waals surface area (Å²) in [7, 11) is 0. The molecule has 2 aromatic carbocycles. The molecule has 0 unspecified atom stereocenters. The summed E-state index contributed by atoms with van der Waals surface area (Å²) in [6.07, 6.45) is 0. The van der Waals surface area contributed by atoms with Crippen molar-refractivity contribution in [3.05, 3.63) is 53.8 Å². The van der Waals surface area contributed by atoms with Gasteiger partial charge in [-0.3, -0.25) is 4.79 Å². The highest BCUT2D eigenvalue weighted by Gasteiger charge is 2.16. The molecule has 0 aliphatic heterocycles. The molecule has 18 heavy (non-hydrogen) atoms. The highest BCUT2D eigenvalue weighted by atomic mass is 19.1. The minimum atomic E-state index is -0.775. The molecular weight excluding hydrogens is 235 g/mol. The maximum absolute atomic E-state index is 13.4. The Kier molecular flexibility index (Phi) is 3.14. The van der Waals surface area contributed by atoms with Gasteiger partial charge in [0.2, 0.25) is 0 Å². The summed E-state index contributed by atoms with van der Waals surface area (Å²) in [5.74, 6) is -1.89. The van der Waals surface area contributed by atoms with Gasteiger partial charge < -0.3 is 16.2 Å². The third-order valence-corrected chi connectivity index (χ3v) is 2.39. The summed E-state index contributed by atoms with van der Waals surface area (Å²) < 4.78 is 13.4. The lowest BCUT2D eigenvalue weighted by Gasteiger charge is -2.07. The minimum Gasteiger partial charge on any atom is -0.507 e. The molecule has 0 saturated carbocycles. The summed E-state index contributed by atoms with van der Waals surface area (Å²) in [6.45, 7) is 0. The van der Waals surface area contributed by atoms with Crippen LogP contribution in [0.1, 0.15) is 10.4 Å². The SMILES string of the molecule is Nc1ccc(NC(=O)c2c(O)cccc2F)cc1. The van der Waals surface area contributed by atoms with Crippen LogP contribution >= 0.6 is 0 Å². The van der Waals surface area contributed by atoms with E-state index in [-0.39, 0.29) is 5.56 Å². The van der Waals surface area contributed by atoms with Crippen LogP contribution in [-0.2, 0) is 0 Å². The molecule has 0 radical (unpaired) electrons. The number of rotatable bonds is 2. The van der Waals surface area contributed by atoms with E-state index < -0.39 is 17.5 Å². The second-order valence-electron chi connectivity index (χ2n) is 3.71. The van der Waals surface area contributed by atoms with Crippen molar-refractivity contribution in [3.8, 4) is 5.75 Å². The predicted molar refractivity (Wildman–Crippen MR) is 66.9 cm³/mol. The van der Waals surface area contributed by atoms with E-state index in [1.54, 1.807) is 24.3 Å². The Balaban J connectivity index is 2.25. The van der Waals surface area contributed by atoms with E-state index in [0.29, 0.717) is 11.4 Å². The van der Waals surface area contributed by atoms with Gasteiger partial charge >= 0.3 is 0 Å². The van der Waals surface area contributed by atoms with Crippen LogP contribution in [0.4, 0.5) is 15.8 Å². The molecule has 0 bridgehead atoms. The van der Waals surface area contributed by atoms with Crippen molar-refractivity contribution in [2.75, 3.05) is 11.1 Å². The lowest BCUT2D eigenvalue weighted by Crippen LogP contribution is -2.14.